The summed E-state index contributed by atoms with van der Waals surface area (Å²) in [5, 5.41) is 0. The van der Waals surface area contributed by atoms with Crippen LogP contribution < -0.4 is 10.5 Å². The molecule has 0 saturated heterocycles. The van der Waals surface area contributed by atoms with Crippen LogP contribution in [0.3, 0.4) is 0 Å². The Morgan fingerprint density at radius 2 is 1.67 bits per heavy atom. The van der Waals surface area contributed by atoms with Gasteiger partial charge in [0.2, 0.25) is 0 Å². The maximum absolute atomic E-state index is 12.6. The van der Waals surface area contributed by atoms with Gasteiger partial charge in [0, 0.05) is 14.1 Å². The average molecular weight is 377 g/mol. The van der Waals surface area contributed by atoms with Crippen LogP contribution in [0.15, 0.2) is 35.1 Å². The van der Waals surface area contributed by atoms with Crippen molar-refractivity contribution in [1.29, 1.82) is 0 Å². The summed E-state index contributed by atoms with van der Waals surface area (Å²) >= 11 is 0. The minimum absolute atomic E-state index is 0. The SMILES string of the molecule is Cc1c(N(C)CS(=O)(=O)O)c(=O)n(-c2ccccc2)n1C.O.[NaH].[NaH]. The number of rotatable bonds is 4. The van der Waals surface area contributed by atoms with E-state index in [1.54, 1.807) is 30.8 Å². The van der Waals surface area contributed by atoms with E-state index in [2.05, 4.69) is 0 Å². The third-order valence-corrected chi connectivity index (χ3v) is 3.98. The summed E-state index contributed by atoms with van der Waals surface area (Å²) in [6.07, 6.45) is 0. The van der Waals surface area contributed by atoms with Gasteiger partial charge >= 0.3 is 59.1 Å². The maximum atomic E-state index is 12.6. The topological polar surface area (TPSA) is 116 Å². The molecule has 0 bridgehead atoms. The van der Waals surface area contributed by atoms with Gasteiger partial charge in [-0.25, -0.2) is 4.68 Å². The zero-order chi connectivity index (χ0) is 15.8. The molecule has 0 spiro atoms. The molecule has 11 heteroatoms. The van der Waals surface area contributed by atoms with Crippen LogP contribution in [0.25, 0.3) is 5.69 Å². The van der Waals surface area contributed by atoms with Crippen LogP contribution in [0.5, 0.6) is 0 Å². The van der Waals surface area contributed by atoms with Crippen LogP contribution in [-0.4, -0.2) is 99.8 Å². The van der Waals surface area contributed by atoms with E-state index in [1.165, 1.54) is 16.6 Å². The first-order valence-electron chi connectivity index (χ1n) is 6.22. The Hall–Kier alpha value is -0.1000. The molecule has 0 radical (unpaired) electrons. The van der Waals surface area contributed by atoms with E-state index in [0.717, 1.165) is 0 Å². The van der Waals surface area contributed by atoms with Crippen molar-refractivity contribution in [2.24, 2.45) is 7.05 Å². The van der Waals surface area contributed by atoms with E-state index in [9.17, 15) is 13.2 Å². The van der Waals surface area contributed by atoms with Crippen molar-refractivity contribution in [3.05, 3.63) is 46.4 Å². The number of benzene rings is 1. The van der Waals surface area contributed by atoms with Crippen LogP contribution in [0.2, 0.25) is 0 Å². The first-order chi connectivity index (χ1) is 9.72. The van der Waals surface area contributed by atoms with E-state index in [0.29, 0.717) is 11.4 Å². The zero-order valence-corrected chi connectivity index (χ0v) is 13.3. The molecule has 0 aliphatic carbocycles. The fourth-order valence-electron chi connectivity index (χ4n) is 2.30. The number of para-hydroxylation sites is 1. The Kier molecular flexibility index (Phi) is 11.0. The molecule has 0 atom stereocenters. The van der Waals surface area contributed by atoms with E-state index < -0.39 is 16.0 Å². The molecule has 24 heavy (non-hydrogen) atoms. The molecule has 0 saturated carbocycles. The van der Waals surface area contributed by atoms with Gasteiger partial charge in [0.15, 0.2) is 0 Å². The average Bonchev–Trinajstić information content (AvgIpc) is 2.59. The summed E-state index contributed by atoms with van der Waals surface area (Å²) in [4.78, 5) is 13.8. The van der Waals surface area contributed by atoms with Gasteiger partial charge in [0.25, 0.3) is 15.7 Å². The van der Waals surface area contributed by atoms with Crippen molar-refractivity contribution in [2.45, 2.75) is 6.92 Å². The molecule has 0 fully saturated rings. The molecular weight excluding hydrogens is 356 g/mol. The summed E-state index contributed by atoms with van der Waals surface area (Å²) in [6, 6.07) is 9.04. The standard InChI is InChI=1S/C13H17N3O4S.2Na.H2O.2H/c1-10-12(14(2)9-21(18,19)20)13(17)16(15(10)3)11-7-5-4-6-8-11;;;;;/h4-8H,9H2,1-3H3,(H,18,19,20);;;1H2;;. The zero-order valence-electron chi connectivity index (χ0n) is 12.5. The third kappa shape index (κ3) is 5.72. The van der Waals surface area contributed by atoms with Gasteiger partial charge in [0.05, 0.1) is 11.4 Å². The van der Waals surface area contributed by atoms with Crippen LogP contribution in [-0.2, 0) is 17.2 Å². The van der Waals surface area contributed by atoms with Gasteiger partial charge in [-0.3, -0.25) is 14.0 Å². The minimum atomic E-state index is -4.20. The molecule has 2 rings (SSSR count). The Labute approximate surface area is 185 Å². The normalized spacial score (nSPS) is 10.2. The summed E-state index contributed by atoms with van der Waals surface area (Å²) < 4.78 is 34.0. The summed E-state index contributed by atoms with van der Waals surface area (Å²) in [7, 11) is -1.04. The van der Waals surface area contributed by atoms with Gasteiger partial charge in [0.1, 0.15) is 11.6 Å². The molecule has 1 aromatic heterocycles. The Morgan fingerprint density at radius 3 is 2.12 bits per heavy atom. The van der Waals surface area contributed by atoms with E-state index in [-0.39, 0.29) is 75.8 Å². The Bertz CT molecular complexity index is 818. The molecule has 0 aliphatic rings. The molecule has 1 heterocycles. The number of hydrogen-bond donors (Lipinski definition) is 1. The molecule has 2 aromatic rings. The van der Waals surface area contributed by atoms with Crippen molar-refractivity contribution in [3.8, 4) is 5.69 Å². The molecule has 126 valence electrons. The van der Waals surface area contributed by atoms with Crippen molar-refractivity contribution in [3.63, 3.8) is 0 Å². The van der Waals surface area contributed by atoms with E-state index in [1.807, 2.05) is 18.2 Å². The molecular formula is C13H21N3Na2O5S. The number of anilines is 1. The van der Waals surface area contributed by atoms with Gasteiger partial charge in [-0.2, -0.15) is 8.42 Å². The molecule has 1 aromatic carbocycles. The van der Waals surface area contributed by atoms with Crippen molar-refractivity contribution < 1.29 is 18.4 Å². The van der Waals surface area contributed by atoms with Crippen molar-refractivity contribution in [1.82, 2.24) is 9.36 Å². The second-order valence-electron chi connectivity index (χ2n) is 4.82. The number of hydrogen-bond acceptors (Lipinski definition) is 4. The van der Waals surface area contributed by atoms with E-state index in [4.69, 9.17) is 4.55 Å². The second kappa shape index (κ2) is 10.1. The van der Waals surface area contributed by atoms with Gasteiger partial charge in [-0.15, -0.1) is 0 Å². The molecule has 0 unspecified atom stereocenters. The molecule has 0 amide bonds. The quantitative estimate of drug-likeness (QED) is 0.522. The fraction of sp³-hybridized carbons (Fsp3) is 0.308. The van der Waals surface area contributed by atoms with Crippen LogP contribution in [0, 0.1) is 6.92 Å². The number of nitrogens with zero attached hydrogens (tertiary/aromatic N) is 3. The Balaban J connectivity index is 0. The molecule has 0 aliphatic heterocycles. The predicted octanol–water partition coefficient (Wildman–Crippen LogP) is -1.36. The van der Waals surface area contributed by atoms with Gasteiger partial charge in [-0.1, -0.05) is 18.2 Å². The monoisotopic (exact) mass is 377 g/mol. The summed E-state index contributed by atoms with van der Waals surface area (Å²) in [6.45, 7) is 1.72. The van der Waals surface area contributed by atoms with Crippen molar-refractivity contribution in [2.75, 3.05) is 17.8 Å². The second-order valence-corrected chi connectivity index (χ2v) is 6.24. The van der Waals surface area contributed by atoms with Crippen LogP contribution in [0.4, 0.5) is 5.69 Å². The predicted molar refractivity (Wildman–Crippen MR) is 98.5 cm³/mol. The first kappa shape index (κ1) is 26.1. The summed E-state index contributed by atoms with van der Waals surface area (Å²) in [5.74, 6) is -0.637. The van der Waals surface area contributed by atoms with Crippen LogP contribution >= 0.6 is 0 Å². The van der Waals surface area contributed by atoms with E-state index >= 15 is 0 Å². The van der Waals surface area contributed by atoms with Gasteiger partial charge in [-0.05, 0) is 19.1 Å². The van der Waals surface area contributed by atoms with Crippen LogP contribution in [0.1, 0.15) is 5.69 Å². The third-order valence-electron chi connectivity index (χ3n) is 3.26. The van der Waals surface area contributed by atoms with Crippen molar-refractivity contribution >= 4 is 74.9 Å². The number of aromatic nitrogens is 2. The molecule has 8 nitrogen and oxygen atoms in total. The van der Waals surface area contributed by atoms with Gasteiger partial charge < -0.3 is 10.4 Å². The summed E-state index contributed by atoms with van der Waals surface area (Å²) in [5.41, 5.74) is 1.18. The molecule has 3 N–H and O–H groups in total. The Morgan fingerprint density at radius 1 is 1.17 bits per heavy atom. The fourth-order valence-corrected chi connectivity index (χ4v) is 2.92. The first-order valence-corrected chi connectivity index (χ1v) is 7.83.